The van der Waals surface area contributed by atoms with Crippen LogP contribution in [0.15, 0.2) is 48.7 Å². The van der Waals surface area contributed by atoms with E-state index >= 15 is 0 Å². The smallest absolute Gasteiger partial charge is 0.488 e. The molecule has 106 valence electrons. The molecular weight excluding hydrogens is 267 g/mol. The first-order valence-electron chi connectivity index (χ1n) is 6.62. The average molecular weight is 282 g/mol. The van der Waals surface area contributed by atoms with Gasteiger partial charge in [0.2, 0.25) is 0 Å². The van der Waals surface area contributed by atoms with Crippen LogP contribution in [0.25, 0.3) is 10.9 Å². The number of benzene rings is 2. The van der Waals surface area contributed by atoms with Gasteiger partial charge in [-0.3, -0.25) is 4.68 Å². The Kier molecular flexibility index (Phi) is 3.64. The van der Waals surface area contributed by atoms with E-state index in [1.54, 1.807) is 31.5 Å². The minimum Gasteiger partial charge on any atom is -0.497 e. The van der Waals surface area contributed by atoms with E-state index in [1.807, 2.05) is 28.9 Å². The monoisotopic (exact) mass is 282 g/mol. The average Bonchev–Trinajstić information content (AvgIpc) is 2.90. The van der Waals surface area contributed by atoms with Crippen molar-refractivity contribution in [3.63, 3.8) is 0 Å². The van der Waals surface area contributed by atoms with Crippen molar-refractivity contribution in [1.29, 1.82) is 0 Å². The van der Waals surface area contributed by atoms with Crippen molar-refractivity contribution >= 4 is 23.5 Å². The molecule has 6 heteroatoms. The van der Waals surface area contributed by atoms with Crippen molar-refractivity contribution in [2.24, 2.45) is 0 Å². The van der Waals surface area contributed by atoms with Crippen LogP contribution in [-0.2, 0) is 6.54 Å². The number of hydrogen-bond donors (Lipinski definition) is 2. The summed E-state index contributed by atoms with van der Waals surface area (Å²) >= 11 is 0. The predicted molar refractivity (Wildman–Crippen MR) is 81.7 cm³/mol. The fraction of sp³-hybridized carbons (Fsp3) is 0.133. The highest BCUT2D eigenvalue weighted by Crippen LogP contribution is 2.16. The molecule has 1 aromatic heterocycles. The number of ether oxygens (including phenoxy) is 1. The summed E-state index contributed by atoms with van der Waals surface area (Å²) in [4.78, 5) is 0. The first-order valence-corrected chi connectivity index (χ1v) is 6.62. The summed E-state index contributed by atoms with van der Waals surface area (Å²) in [5, 5.41) is 24.4. The Morgan fingerprint density at radius 1 is 1.19 bits per heavy atom. The summed E-state index contributed by atoms with van der Waals surface area (Å²) in [6.07, 6.45) is 1.80. The van der Waals surface area contributed by atoms with Crippen LogP contribution in [-0.4, -0.2) is 34.1 Å². The van der Waals surface area contributed by atoms with Crippen LogP contribution in [0, 0.1) is 0 Å². The third-order valence-electron chi connectivity index (χ3n) is 3.50. The minimum atomic E-state index is -1.52. The van der Waals surface area contributed by atoms with Crippen molar-refractivity contribution in [2.45, 2.75) is 6.54 Å². The molecule has 0 aliphatic heterocycles. The molecule has 0 radical (unpaired) electrons. The van der Waals surface area contributed by atoms with E-state index in [0.717, 1.165) is 16.5 Å². The fourth-order valence-electron chi connectivity index (χ4n) is 2.41. The van der Waals surface area contributed by atoms with Crippen molar-refractivity contribution in [3.8, 4) is 5.75 Å². The molecule has 1 heterocycles. The van der Waals surface area contributed by atoms with Gasteiger partial charge in [0.15, 0.2) is 0 Å². The van der Waals surface area contributed by atoms with Crippen LogP contribution in [0.1, 0.15) is 5.56 Å². The summed E-state index contributed by atoms with van der Waals surface area (Å²) in [6, 6.07) is 13.1. The molecule has 2 aromatic carbocycles. The Morgan fingerprint density at radius 2 is 2.00 bits per heavy atom. The van der Waals surface area contributed by atoms with Crippen molar-refractivity contribution < 1.29 is 14.8 Å². The summed E-state index contributed by atoms with van der Waals surface area (Å²) < 4.78 is 7.03. The van der Waals surface area contributed by atoms with Crippen LogP contribution in [0.4, 0.5) is 0 Å². The highest BCUT2D eigenvalue weighted by molar-refractivity contribution is 6.59. The molecule has 0 saturated heterocycles. The largest absolute Gasteiger partial charge is 0.497 e. The summed E-state index contributed by atoms with van der Waals surface area (Å²) in [7, 11) is 0.0602. The SMILES string of the molecule is COc1ccc(B(O)O)c(Cn2ncc3ccccc32)c1. The van der Waals surface area contributed by atoms with Gasteiger partial charge in [-0.2, -0.15) is 5.10 Å². The van der Waals surface area contributed by atoms with Crippen molar-refractivity contribution in [3.05, 3.63) is 54.2 Å². The molecule has 21 heavy (non-hydrogen) atoms. The maximum atomic E-state index is 9.50. The van der Waals surface area contributed by atoms with Crippen molar-refractivity contribution in [2.75, 3.05) is 7.11 Å². The van der Waals surface area contributed by atoms with Gasteiger partial charge in [0.25, 0.3) is 0 Å². The van der Waals surface area contributed by atoms with E-state index in [0.29, 0.717) is 17.8 Å². The standard InChI is InChI=1S/C15H15BN2O3/c1-21-13-6-7-14(16(19)20)12(8-13)10-18-15-5-3-2-4-11(15)9-17-18/h2-9,19-20H,10H2,1H3. The first kappa shape index (κ1) is 13.7. The molecule has 0 aliphatic carbocycles. The molecule has 5 nitrogen and oxygen atoms in total. The van der Waals surface area contributed by atoms with E-state index in [4.69, 9.17) is 4.74 Å². The van der Waals surface area contributed by atoms with Gasteiger partial charge in [-0.15, -0.1) is 0 Å². The highest BCUT2D eigenvalue weighted by Gasteiger charge is 2.17. The van der Waals surface area contributed by atoms with Gasteiger partial charge in [-0.25, -0.2) is 0 Å². The molecular formula is C15H15BN2O3. The molecule has 0 saturated carbocycles. The van der Waals surface area contributed by atoms with Gasteiger partial charge in [0, 0.05) is 5.39 Å². The van der Waals surface area contributed by atoms with Gasteiger partial charge < -0.3 is 14.8 Å². The lowest BCUT2D eigenvalue weighted by atomic mass is 9.77. The second kappa shape index (κ2) is 5.59. The van der Waals surface area contributed by atoms with Gasteiger partial charge >= 0.3 is 7.12 Å². The molecule has 3 aromatic rings. The predicted octanol–water partition coefficient (Wildman–Crippen LogP) is 0.773. The maximum absolute atomic E-state index is 9.50. The van der Waals surface area contributed by atoms with Crippen LogP contribution in [0.3, 0.4) is 0 Å². The Bertz CT molecular complexity index is 770. The zero-order valence-electron chi connectivity index (χ0n) is 11.6. The number of methoxy groups -OCH3 is 1. The molecule has 2 N–H and O–H groups in total. The number of aromatic nitrogens is 2. The molecule has 0 unspecified atom stereocenters. The first-order chi connectivity index (χ1) is 10.2. The van der Waals surface area contributed by atoms with Crippen LogP contribution >= 0.6 is 0 Å². The topological polar surface area (TPSA) is 67.5 Å². The van der Waals surface area contributed by atoms with E-state index in [2.05, 4.69) is 5.10 Å². The Balaban J connectivity index is 2.04. The zero-order chi connectivity index (χ0) is 14.8. The number of hydrogen-bond acceptors (Lipinski definition) is 4. The number of fused-ring (bicyclic) bond motifs is 1. The molecule has 0 spiro atoms. The van der Waals surface area contributed by atoms with Crippen LogP contribution in [0.5, 0.6) is 5.75 Å². The van der Waals surface area contributed by atoms with E-state index < -0.39 is 7.12 Å². The van der Waals surface area contributed by atoms with Gasteiger partial charge in [0.05, 0.1) is 25.4 Å². The molecule has 0 fully saturated rings. The molecule has 0 atom stereocenters. The van der Waals surface area contributed by atoms with Crippen molar-refractivity contribution in [1.82, 2.24) is 9.78 Å². The van der Waals surface area contributed by atoms with Crippen LogP contribution in [0.2, 0.25) is 0 Å². The maximum Gasteiger partial charge on any atom is 0.488 e. The lowest BCUT2D eigenvalue weighted by molar-refractivity contribution is 0.413. The minimum absolute atomic E-state index is 0.442. The lowest BCUT2D eigenvalue weighted by Crippen LogP contribution is -2.33. The summed E-state index contributed by atoms with van der Waals surface area (Å²) in [5.74, 6) is 0.672. The van der Waals surface area contributed by atoms with Crippen LogP contribution < -0.4 is 10.2 Å². The van der Waals surface area contributed by atoms with E-state index in [9.17, 15) is 10.0 Å². The molecule has 0 bridgehead atoms. The van der Waals surface area contributed by atoms with Gasteiger partial charge in [0.1, 0.15) is 5.75 Å². The third-order valence-corrected chi connectivity index (χ3v) is 3.50. The Labute approximate surface area is 122 Å². The number of nitrogens with zero attached hydrogens (tertiary/aromatic N) is 2. The Hall–Kier alpha value is -2.31. The lowest BCUT2D eigenvalue weighted by Gasteiger charge is -2.12. The zero-order valence-corrected chi connectivity index (χ0v) is 11.6. The summed E-state index contributed by atoms with van der Waals surface area (Å²) in [6.45, 7) is 0.442. The number of para-hydroxylation sites is 1. The molecule has 0 amide bonds. The summed E-state index contributed by atoms with van der Waals surface area (Å²) in [5.41, 5.74) is 2.22. The second-order valence-corrected chi connectivity index (χ2v) is 4.80. The molecule has 3 rings (SSSR count). The van der Waals surface area contributed by atoms with Gasteiger partial charge in [-0.1, -0.05) is 24.3 Å². The van der Waals surface area contributed by atoms with E-state index in [-0.39, 0.29) is 0 Å². The fourth-order valence-corrected chi connectivity index (χ4v) is 2.41. The molecule has 0 aliphatic rings. The third kappa shape index (κ3) is 2.63. The van der Waals surface area contributed by atoms with E-state index in [1.165, 1.54) is 0 Å². The highest BCUT2D eigenvalue weighted by atomic mass is 16.5. The number of rotatable bonds is 4. The second-order valence-electron chi connectivity index (χ2n) is 4.80. The Morgan fingerprint density at radius 3 is 2.76 bits per heavy atom. The quantitative estimate of drug-likeness (QED) is 0.694. The van der Waals surface area contributed by atoms with Gasteiger partial charge in [-0.05, 0) is 29.2 Å². The normalized spacial score (nSPS) is 10.8.